The van der Waals surface area contributed by atoms with E-state index >= 15 is 0 Å². The summed E-state index contributed by atoms with van der Waals surface area (Å²) in [5.41, 5.74) is 0. The van der Waals surface area contributed by atoms with Crippen molar-refractivity contribution in [2.24, 2.45) is 0 Å². The van der Waals surface area contributed by atoms with Crippen LogP contribution in [0.4, 0.5) is 4.79 Å². The van der Waals surface area contributed by atoms with Crippen molar-refractivity contribution >= 4 is 12.0 Å². The minimum absolute atomic E-state index is 0.218. The predicted octanol–water partition coefficient (Wildman–Crippen LogP) is 1.57. The molecule has 1 rings (SSSR count). The summed E-state index contributed by atoms with van der Waals surface area (Å²) in [5, 5.41) is 21.6. The molecular formula is C14H26N2O4. The largest absolute Gasteiger partial charge is 0.480 e. The number of amides is 2. The van der Waals surface area contributed by atoms with Crippen molar-refractivity contribution in [2.75, 3.05) is 7.05 Å². The number of aliphatic carboxylic acids is 1. The molecule has 0 bridgehead atoms. The van der Waals surface area contributed by atoms with E-state index in [0.717, 1.165) is 32.1 Å². The van der Waals surface area contributed by atoms with Gasteiger partial charge >= 0.3 is 12.0 Å². The normalized spacial score (nSPS) is 23.9. The summed E-state index contributed by atoms with van der Waals surface area (Å²) < 4.78 is 0. The molecule has 3 unspecified atom stereocenters. The zero-order valence-corrected chi connectivity index (χ0v) is 12.3. The zero-order chi connectivity index (χ0) is 15.1. The number of rotatable bonds is 6. The van der Waals surface area contributed by atoms with Crippen LogP contribution in [0.5, 0.6) is 0 Å². The topological polar surface area (TPSA) is 89.9 Å². The van der Waals surface area contributed by atoms with E-state index in [9.17, 15) is 14.7 Å². The standard InChI is InChI=1S/C14H26N2O4/c1-3-4-7-10(13(18)19)15-14(20)16(2)11-8-5-6-9-12(11)17/h10-12,17H,3-9H2,1-2H3,(H,15,20)(H,18,19). The zero-order valence-electron chi connectivity index (χ0n) is 12.3. The van der Waals surface area contributed by atoms with Gasteiger partial charge < -0.3 is 20.4 Å². The molecule has 2 amide bonds. The Balaban J connectivity index is 2.56. The van der Waals surface area contributed by atoms with Gasteiger partial charge in [-0.3, -0.25) is 0 Å². The van der Waals surface area contributed by atoms with Gasteiger partial charge in [-0.1, -0.05) is 32.6 Å². The molecule has 3 atom stereocenters. The van der Waals surface area contributed by atoms with E-state index in [0.29, 0.717) is 12.8 Å². The quantitative estimate of drug-likeness (QED) is 0.691. The first kappa shape index (κ1) is 16.8. The first-order valence-corrected chi connectivity index (χ1v) is 7.41. The highest BCUT2D eigenvalue weighted by molar-refractivity contribution is 5.82. The Morgan fingerprint density at radius 3 is 2.55 bits per heavy atom. The van der Waals surface area contributed by atoms with Crippen molar-refractivity contribution in [2.45, 2.75) is 70.1 Å². The Kier molecular flexibility index (Phi) is 6.78. The van der Waals surface area contributed by atoms with Gasteiger partial charge in [-0.05, 0) is 19.3 Å². The lowest BCUT2D eigenvalue weighted by Gasteiger charge is -2.35. The van der Waals surface area contributed by atoms with Crippen molar-refractivity contribution < 1.29 is 19.8 Å². The summed E-state index contributed by atoms with van der Waals surface area (Å²) in [7, 11) is 1.62. The number of carbonyl (C=O) groups is 2. The average molecular weight is 286 g/mol. The third-order valence-electron chi connectivity index (χ3n) is 3.95. The molecule has 0 aromatic rings. The Morgan fingerprint density at radius 2 is 2.00 bits per heavy atom. The highest BCUT2D eigenvalue weighted by Gasteiger charge is 2.31. The number of nitrogens with one attached hydrogen (secondary N) is 1. The summed E-state index contributed by atoms with van der Waals surface area (Å²) in [4.78, 5) is 24.7. The molecule has 20 heavy (non-hydrogen) atoms. The molecule has 0 spiro atoms. The van der Waals surface area contributed by atoms with Gasteiger partial charge in [0.25, 0.3) is 0 Å². The van der Waals surface area contributed by atoms with Crippen LogP contribution in [-0.4, -0.2) is 52.3 Å². The molecule has 116 valence electrons. The molecule has 1 fully saturated rings. The molecule has 1 aliphatic rings. The van der Waals surface area contributed by atoms with E-state index in [1.165, 1.54) is 4.90 Å². The van der Waals surface area contributed by atoms with E-state index in [1.54, 1.807) is 7.05 Å². The summed E-state index contributed by atoms with van der Waals surface area (Å²) in [5.74, 6) is -1.01. The van der Waals surface area contributed by atoms with E-state index in [4.69, 9.17) is 5.11 Å². The second kappa shape index (κ2) is 8.09. The summed E-state index contributed by atoms with van der Waals surface area (Å²) in [6.07, 6.45) is 4.97. The molecule has 0 aromatic carbocycles. The molecule has 6 nitrogen and oxygen atoms in total. The number of urea groups is 1. The molecule has 1 aliphatic carbocycles. The van der Waals surface area contributed by atoms with Gasteiger partial charge in [0.2, 0.25) is 0 Å². The van der Waals surface area contributed by atoms with Crippen LogP contribution in [0.25, 0.3) is 0 Å². The van der Waals surface area contributed by atoms with Crippen molar-refractivity contribution in [3.63, 3.8) is 0 Å². The van der Waals surface area contributed by atoms with Crippen molar-refractivity contribution in [1.82, 2.24) is 10.2 Å². The van der Waals surface area contributed by atoms with Crippen LogP contribution in [0, 0.1) is 0 Å². The van der Waals surface area contributed by atoms with Gasteiger partial charge in [0.15, 0.2) is 0 Å². The number of unbranched alkanes of at least 4 members (excludes halogenated alkanes) is 1. The van der Waals surface area contributed by atoms with Crippen LogP contribution < -0.4 is 5.32 Å². The fraction of sp³-hybridized carbons (Fsp3) is 0.857. The van der Waals surface area contributed by atoms with Crippen molar-refractivity contribution in [3.8, 4) is 0 Å². The number of hydrogen-bond acceptors (Lipinski definition) is 3. The smallest absolute Gasteiger partial charge is 0.326 e. The highest BCUT2D eigenvalue weighted by atomic mass is 16.4. The van der Waals surface area contributed by atoms with Crippen LogP contribution in [-0.2, 0) is 4.79 Å². The number of aliphatic hydroxyl groups is 1. The van der Waals surface area contributed by atoms with Crippen LogP contribution in [0.3, 0.4) is 0 Å². The third kappa shape index (κ3) is 4.67. The average Bonchev–Trinajstić information content (AvgIpc) is 2.42. The Labute approximate surface area is 120 Å². The van der Waals surface area contributed by atoms with Crippen molar-refractivity contribution in [3.05, 3.63) is 0 Å². The number of aliphatic hydroxyl groups excluding tert-OH is 1. The fourth-order valence-electron chi connectivity index (χ4n) is 2.61. The first-order valence-electron chi connectivity index (χ1n) is 7.41. The first-order chi connectivity index (χ1) is 9.47. The number of carbonyl (C=O) groups excluding carboxylic acids is 1. The van der Waals surface area contributed by atoms with E-state index in [1.807, 2.05) is 6.92 Å². The SMILES string of the molecule is CCCCC(NC(=O)N(C)C1CCCCC1O)C(=O)O. The molecule has 0 radical (unpaired) electrons. The van der Waals surface area contributed by atoms with Gasteiger partial charge in [-0.25, -0.2) is 9.59 Å². The predicted molar refractivity (Wildman–Crippen MR) is 75.5 cm³/mol. The summed E-state index contributed by atoms with van der Waals surface area (Å²) in [6.45, 7) is 1.98. The molecule has 0 aromatic heterocycles. The van der Waals surface area contributed by atoms with Crippen LogP contribution in [0.15, 0.2) is 0 Å². The molecule has 0 saturated heterocycles. The fourth-order valence-corrected chi connectivity index (χ4v) is 2.61. The van der Waals surface area contributed by atoms with E-state index in [-0.39, 0.29) is 6.04 Å². The van der Waals surface area contributed by atoms with Gasteiger partial charge in [-0.15, -0.1) is 0 Å². The van der Waals surface area contributed by atoms with Crippen LogP contribution in [0.1, 0.15) is 51.9 Å². The second-order valence-corrected chi connectivity index (χ2v) is 5.51. The Morgan fingerprint density at radius 1 is 1.35 bits per heavy atom. The van der Waals surface area contributed by atoms with Gasteiger partial charge in [0, 0.05) is 7.05 Å². The number of hydrogen-bond donors (Lipinski definition) is 3. The number of carboxylic acid groups (broad SMARTS) is 1. The Bertz CT molecular complexity index is 335. The van der Waals surface area contributed by atoms with Gasteiger partial charge in [0.05, 0.1) is 12.1 Å². The Hall–Kier alpha value is -1.30. The van der Waals surface area contributed by atoms with Crippen LogP contribution in [0.2, 0.25) is 0 Å². The van der Waals surface area contributed by atoms with Crippen LogP contribution >= 0.6 is 0 Å². The number of carboxylic acids is 1. The maximum atomic E-state index is 12.1. The lowest BCUT2D eigenvalue weighted by Crippen LogP contribution is -2.53. The van der Waals surface area contributed by atoms with E-state index in [2.05, 4.69) is 5.32 Å². The maximum absolute atomic E-state index is 12.1. The third-order valence-corrected chi connectivity index (χ3v) is 3.95. The molecule has 1 saturated carbocycles. The molecule has 0 aliphatic heterocycles. The summed E-state index contributed by atoms with van der Waals surface area (Å²) in [6, 6.07) is -1.49. The van der Waals surface area contributed by atoms with Gasteiger partial charge in [0.1, 0.15) is 6.04 Å². The molecule has 0 heterocycles. The number of nitrogens with zero attached hydrogens (tertiary/aromatic N) is 1. The molecule has 3 N–H and O–H groups in total. The minimum atomic E-state index is -1.01. The summed E-state index contributed by atoms with van der Waals surface area (Å²) >= 11 is 0. The van der Waals surface area contributed by atoms with Gasteiger partial charge in [-0.2, -0.15) is 0 Å². The molecule has 6 heteroatoms. The monoisotopic (exact) mass is 286 g/mol. The molecular weight excluding hydrogens is 260 g/mol. The lowest BCUT2D eigenvalue weighted by atomic mass is 9.92. The maximum Gasteiger partial charge on any atom is 0.326 e. The van der Waals surface area contributed by atoms with E-state index < -0.39 is 24.1 Å². The number of likely N-dealkylation sites (N-methyl/N-ethyl adjacent to an activating group) is 1. The van der Waals surface area contributed by atoms with Crippen molar-refractivity contribution in [1.29, 1.82) is 0 Å². The second-order valence-electron chi connectivity index (χ2n) is 5.51. The minimum Gasteiger partial charge on any atom is -0.480 e. The lowest BCUT2D eigenvalue weighted by molar-refractivity contribution is -0.139. The highest BCUT2D eigenvalue weighted by Crippen LogP contribution is 2.22.